The van der Waals surface area contributed by atoms with Crippen LogP contribution in [-0.4, -0.2) is 40.0 Å². The van der Waals surface area contributed by atoms with E-state index in [0.717, 1.165) is 78.5 Å². The minimum atomic E-state index is 0.0935. The summed E-state index contributed by atoms with van der Waals surface area (Å²) < 4.78 is 6.52. The van der Waals surface area contributed by atoms with E-state index >= 15 is 0 Å². The van der Waals surface area contributed by atoms with Crippen molar-refractivity contribution in [2.45, 2.75) is 45.1 Å². The standard InChI is InChI=1S/C30H32N6O2/c1-19-12-13-22-23(9-3-11-25(22)35-28(37)20-6-2-7-20)27(19)38-29-24(10-5-16-32-29)26-14-17-33-30(36-26)34-21-8-4-15-31-18-21/h3,5,9-14,16-17,20-21,31H,2,4,6-8,15,18H2,1H3,(H,35,37)(H,33,34,36). The van der Waals surface area contributed by atoms with Crippen LogP contribution in [0.25, 0.3) is 22.0 Å². The van der Waals surface area contributed by atoms with Crippen LogP contribution in [0.5, 0.6) is 11.6 Å². The molecule has 1 aliphatic carbocycles. The second kappa shape index (κ2) is 10.8. The summed E-state index contributed by atoms with van der Waals surface area (Å²) in [4.78, 5) is 26.5. The lowest BCUT2D eigenvalue weighted by Gasteiger charge is -2.24. The molecule has 1 amide bonds. The van der Waals surface area contributed by atoms with Crippen molar-refractivity contribution in [3.05, 3.63) is 66.5 Å². The van der Waals surface area contributed by atoms with Crippen LogP contribution in [0.2, 0.25) is 0 Å². The lowest BCUT2D eigenvalue weighted by Crippen LogP contribution is -2.38. The Morgan fingerprint density at radius 3 is 2.71 bits per heavy atom. The number of ether oxygens (including phenoxy) is 1. The van der Waals surface area contributed by atoms with Gasteiger partial charge in [-0.15, -0.1) is 0 Å². The number of rotatable bonds is 7. The van der Waals surface area contributed by atoms with Gasteiger partial charge in [-0.1, -0.05) is 30.7 Å². The molecule has 0 radical (unpaired) electrons. The first-order valence-electron chi connectivity index (χ1n) is 13.4. The molecule has 4 aromatic rings. The molecule has 1 unspecified atom stereocenters. The molecule has 1 saturated heterocycles. The Labute approximate surface area is 222 Å². The third kappa shape index (κ3) is 5.04. The molecular formula is C30H32N6O2. The van der Waals surface area contributed by atoms with Crippen molar-refractivity contribution in [3.8, 4) is 22.9 Å². The average molecular weight is 509 g/mol. The summed E-state index contributed by atoms with van der Waals surface area (Å²) in [6.07, 6.45) is 8.75. The van der Waals surface area contributed by atoms with Gasteiger partial charge in [0.15, 0.2) is 0 Å². The van der Waals surface area contributed by atoms with E-state index < -0.39 is 0 Å². The number of benzene rings is 2. The largest absolute Gasteiger partial charge is 0.437 e. The molecule has 1 saturated carbocycles. The maximum Gasteiger partial charge on any atom is 0.228 e. The molecule has 1 aliphatic heterocycles. The molecule has 194 valence electrons. The lowest BCUT2D eigenvalue weighted by atomic mass is 9.85. The van der Waals surface area contributed by atoms with Gasteiger partial charge in [0.05, 0.1) is 11.3 Å². The summed E-state index contributed by atoms with van der Waals surface area (Å²) >= 11 is 0. The van der Waals surface area contributed by atoms with E-state index in [9.17, 15) is 4.79 Å². The van der Waals surface area contributed by atoms with Gasteiger partial charge in [0.1, 0.15) is 5.75 Å². The molecule has 0 spiro atoms. The van der Waals surface area contributed by atoms with Crippen LogP contribution in [-0.2, 0) is 4.79 Å². The summed E-state index contributed by atoms with van der Waals surface area (Å²) in [6.45, 7) is 3.97. The molecule has 8 heteroatoms. The molecule has 1 atom stereocenters. The van der Waals surface area contributed by atoms with Gasteiger partial charge in [0.2, 0.25) is 17.7 Å². The Balaban J connectivity index is 1.31. The van der Waals surface area contributed by atoms with Crippen LogP contribution in [0.3, 0.4) is 0 Å². The number of amides is 1. The number of carbonyl (C=O) groups excluding carboxylic acids is 1. The second-order valence-corrected chi connectivity index (χ2v) is 10.1. The lowest BCUT2D eigenvalue weighted by molar-refractivity contribution is -0.122. The summed E-state index contributed by atoms with van der Waals surface area (Å²) in [6, 6.07) is 16.0. The van der Waals surface area contributed by atoms with Crippen LogP contribution in [0.1, 0.15) is 37.7 Å². The first-order chi connectivity index (χ1) is 18.7. The first kappa shape index (κ1) is 24.3. The zero-order chi connectivity index (χ0) is 25.9. The summed E-state index contributed by atoms with van der Waals surface area (Å²) in [5.74, 6) is 1.98. The van der Waals surface area contributed by atoms with Gasteiger partial charge >= 0.3 is 0 Å². The summed E-state index contributed by atoms with van der Waals surface area (Å²) in [5, 5.41) is 11.9. The predicted octanol–water partition coefficient (Wildman–Crippen LogP) is 5.70. The number of aryl methyl sites for hydroxylation is 1. The average Bonchev–Trinajstić information content (AvgIpc) is 2.90. The molecule has 38 heavy (non-hydrogen) atoms. The molecule has 8 nitrogen and oxygen atoms in total. The normalized spacial score (nSPS) is 17.6. The molecule has 6 rings (SSSR count). The highest BCUT2D eigenvalue weighted by Gasteiger charge is 2.26. The monoisotopic (exact) mass is 508 g/mol. The van der Waals surface area contributed by atoms with Gasteiger partial charge < -0.3 is 20.7 Å². The first-order valence-corrected chi connectivity index (χ1v) is 13.4. The van der Waals surface area contributed by atoms with E-state index in [2.05, 4.69) is 25.9 Å². The third-order valence-electron chi connectivity index (χ3n) is 7.47. The van der Waals surface area contributed by atoms with Gasteiger partial charge in [0.25, 0.3) is 0 Å². The van der Waals surface area contributed by atoms with Gasteiger partial charge in [-0.3, -0.25) is 4.79 Å². The Morgan fingerprint density at radius 1 is 0.974 bits per heavy atom. The van der Waals surface area contributed by atoms with E-state index in [4.69, 9.17) is 9.72 Å². The predicted molar refractivity (Wildman–Crippen MR) is 150 cm³/mol. The smallest absolute Gasteiger partial charge is 0.228 e. The van der Waals surface area contributed by atoms with Crippen LogP contribution in [0.4, 0.5) is 11.6 Å². The fourth-order valence-corrected chi connectivity index (χ4v) is 5.09. The van der Waals surface area contributed by atoms with Crippen molar-refractivity contribution in [1.82, 2.24) is 20.3 Å². The van der Waals surface area contributed by atoms with Crippen molar-refractivity contribution in [2.24, 2.45) is 5.92 Å². The minimum absolute atomic E-state index is 0.0935. The topological polar surface area (TPSA) is 101 Å². The van der Waals surface area contributed by atoms with Crippen molar-refractivity contribution in [1.29, 1.82) is 0 Å². The maximum atomic E-state index is 12.7. The number of hydrogen-bond donors (Lipinski definition) is 3. The van der Waals surface area contributed by atoms with Crippen LogP contribution in [0, 0.1) is 12.8 Å². The molecule has 2 aromatic carbocycles. The quantitative estimate of drug-likeness (QED) is 0.295. The summed E-state index contributed by atoms with van der Waals surface area (Å²) in [5.41, 5.74) is 3.30. The van der Waals surface area contributed by atoms with Crippen LogP contribution >= 0.6 is 0 Å². The van der Waals surface area contributed by atoms with Gasteiger partial charge in [-0.2, -0.15) is 0 Å². The highest BCUT2D eigenvalue weighted by Crippen LogP contribution is 2.39. The van der Waals surface area contributed by atoms with Crippen LogP contribution < -0.4 is 20.7 Å². The Bertz CT molecular complexity index is 1460. The Morgan fingerprint density at radius 2 is 1.89 bits per heavy atom. The number of hydrogen-bond acceptors (Lipinski definition) is 7. The van der Waals surface area contributed by atoms with Crippen molar-refractivity contribution >= 4 is 28.3 Å². The van der Waals surface area contributed by atoms with Crippen molar-refractivity contribution in [3.63, 3.8) is 0 Å². The number of nitrogens with zero attached hydrogens (tertiary/aromatic N) is 3. The Kier molecular flexibility index (Phi) is 6.88. The molecule has 2 aromatic heterocycles. The number of pyridine rings is 1. The van der Waals surface area contributed by atoms with Gasteiger partial charge in [-0.05, 0) is 69.0 Å². The number of carbonyl (C=O) groups is 1. The molecule has 3 heterocycles. The van der Waals surface area contributed by atoms with Crippen LogP contribution in [0.15, 0.2) is 60.9 Å². The van der Waals surface area contributed by atoms with Crippen molar-refractivity contribution < 1.29 is 9.53 Å². The van der Waals surface area contributed by atoms with E-state index in [0.29, 0.717) is 23.6 Å². The number of anilines is 2. The molecule has 3 N–H and O–H groups in total. The molecular weight excluding hydrogens is 476 g/mol. The SMILES string of the molecule is Cc1ccc2c(NC(=O)C3CCC3)cccc2c1Oc1ncccc1-c1ccnc(NC2CCCNC2)n1. The number of aromatic nitrogens is 3. The fourth-order valence-electron chi connectivity index (χ4n) is 5.09. The molecule has 0 bridgehead atoms. The molecule has 2 aliphatic rings. The highest BCUT2D eigenvalue weighted by atomic mass is 16.5. The van der Waals surface area contributed by atoms with Gasteiger partial charge in [-0.25, -0.2) is 15.0 Å². The van der Waals surface area contributed by atoms with Crippen molar-refractivity contribution in [2.75, 3.05) is 23.7 Å². The molecule has 2 fully saturated rings. The zero-order valence-electron chi connectivity index (χ0n) is 21.5. The summed E-state index contributed by atoms with van der Waals surface area (Å²) in [7, 11) is 0. The van der Waals surface area contributed by atoms with E-state index in [1.807, 2.05) is 55.5 Å². The minimum Gasteiger partial charge on any atom is -0.437 e. The van der Waals surface area contributed by atoms with E-state index in [-0.39, 0.29) is 11.8 Å². The number of piperidine rings is 1. The highest BCUT2D eigenvalue weighted by molar-refractivity contribution is 6.05. The van der Waals surface area contributed by atoms with E-state index in [1.165, 1.54) is 0 Å². The fraction of sp³-hybridized carbons (Fsp3) is 0.333. The third-order valence-corrected chi connectivity index (χ3v) is 7.47. The Hall–Kier alpha value is -4.04. The number of fused-ring (bicyclic) bond motifs is 1. The zero-order valence-corrected chi connectivity index (χ0v) is 21.5. The van der Waals surface area contributed by atoms with E-state index in [1.54, 1.807) is 12.4 Å². The second-order valence-electron chi connectivity index (χ2n) is 10.1. The van der Waals surface area contributed by atoms with Gasteiger partial charge in [0, 0.05) is 47.4 Å². The number of nitrogens with one attached hydrogen (secondary N) is 3. The maximum absolute atomic E-state index is 12.7.